The van der Waals surface area contributed by atoms with Gasteiger partial charge >= 0.3 is 0 Å². The Hall–Kier alpha value is -1.20. The molecule has 2 rings (SSSR count). The second-order valence-corrected chi connectivity index (χ2v) is 6.67. The standard InChI is InChI=1S/C14H15BrN2OS/c1-14(2,11-4-3-7-19-11)9-17-13(18)10-5-6-16-12(15)8-10/h3-8H,9H2,1-2H3,(H,17,18). The first-order chi connectivity index (χ1) is 8.99. The average molecular weight is 339 g/mol. The highest BCUT2D eigenvalue weighted by Gasteiger charge is 2.22. The topological polar surface area (TPSA) is 42.0 Å². The number of nitrogens with one attached hydrogen (secondary N) is 1. The summed E-state index contributed by atoms with van der Waals surface area (Å²) >= 11 is 4.97. The fourth-order valence-electron chi connectivity index (χ4n) is 1.70. The Bertz CT molecular complexity index is 567. The quantitative estimate of drug-likeness (QED) is 0.865. The summed E-state index contributed by atoms with van der Waals surface area (Å²) in [4.78, 5) is 17.3. The van der Waals surface area contributed by atoms with Crippen LogP contribution in [0.1, 0.15) is 29.1 Å². The van der Waals surface area contributed by atoms with Crippen LogP contribution in [0.4, 0.5) is 0 Å². The maximum absolute atomic E-state index is 12.1. The molecule has 0 aliphatic rings. The molecular formula is C14H15BrN2OS. The van der Waals surface area contributed by atoms with Crippen molar-refractivity contribution in [1.29, 1.82) is 0 Å². The summed E-state index contributed by atoms with van der Waals surface area (Å²) in [6.07, 6.45) is 1.61. The Morgan fingerprint density at radius 1 is 1.47 bits per heavy atom. The van der Waals surface area contributed by atoms with Crippen LogP contribution in [-0.2, 0) is 5.41 Å². The minimum atomic E-state index is -0.0762. The number of amides is 1. The molecule has 0 fully saturated rings. The molecule has 0 atom stereocenters. The molecule has 1 amide bonds. The van der Waals surface area contributed by atoms with E-state index < -0.39 is 0 Å². The summed E-state index contributed by atoms with van der Waals surface area (Å²) in [6, 6.07) is 7.55. The van der Waals surface area contributed by atoms with Gasteiger partial charge in [-0.05, 0) is 39.5 Å². The Morgan fingerprint density at radius 3 is 2.89 bits per heavy atom. The van der Waals surface area contributed by atoms with Gasteiger partial charge in [0, 0.05) is 28.6 Å². The smallest absolute Gasteiger partial charge is 0.251 e. The van der Waals surface area contributed by atoms with Gasteiger partial charge in [-0.15, -0.1) is 11.3 Å². The van der Waals surface area contributed by atoms with E-state index in [4.69, 9.17) is 0 Å². The lowest BCUT2D eigenvalue weighted by Gasteiger charge is -2.23. The summed E-state index contributed by atoms with van der Waals surface area (Å²) in [6.45, 7) is 4.86. The maximum Gasteiger partial charge on any atom is 0.251 e. The first kappa shape index (κ1) is 14.2. The van der Waals surface area contributed by atoms with Crippen molar-refractivity contribution in [2.45, 2.75) is 19.3 Å². The largest absolute Gasteiger partial charge is 0.351 e. The van der Waals surface area contributed by atoms with Crippen molar-refractivity contribution in [1.82, 2.24) is 10.3 Å². The summed E-state index contributed by atoms with van der Waals surface area (Å²) in [5.74, 6) is -0.0762. The molecule has 19 heavy (non-hydrogen) atoms. The van der Waals surface area contributed by atoms with E-state index >= 15 is 0 Å². The van der Waals surface area contributed by atoms with E-state index in [0.29, 0.717) is 16.7 Å². The first-order valence-corrected chi connectivity index (χ1v) is 7.60. The number of pyridine rings is 1. The molecule has 0 bridgehead atoms. The van der Waals surface area contributed by atoms with E-state index in [9.17, 15) is 4.79 Å². The lowest BCUT2D eigenvalue weighted by atomic mass is 9.91. The van der Waals surface area contributed by atoms with Gasteiger partial charge in [0.1, 0.15) is 4.60 Å². The summed E-state index contributed by atoms with van der Waals surface area (Å²) in [7, 11) is 0. The second-order valence-electron chi connectivity index (χ2n) is 4.91. The van der Waals surface area contributed by atoms with Gasteiger partial charge in [0.05, 0.1) is 0 Å². The molecular weight excluding hydrogens is 324 g/mol. The number of rotatable bonds is 4. The van der Waals surface area contributed by atoms with Gasteiger partial charge in [-0.1, -0.05) is 19.9 Å². The van der Waals surface area contributed by atoms with E-state index in [1.165, 1.54) is 4.88 Å². The molecule has 3 nitrogen and oxygen atoms in total. The molecule has 0 aliphatic heterocycles. The number of aromatic nitrogens is 1. The zero-order valence-corrected chi connectivity index (χ0v) is 13.2. The number of hydrogen-bond donors (Lipinski definition) is 1. The maximum atomic E-state index is 12.1. The molecule has 2 aromatic heterocycles. The van der Waals surface area contributed by atoms with Crippen molar-refractivity contribution in [2.24, 2.45) is 0 Å². The van der Waals surface area contributed by atoms with Gasteiger partial charge in [-0.3, -0.25) is 4.79 Å². The Balaban J connectivity index is 2.01. The van der Waals surface area contributed by atoms with Crippen LogP contribution in [-0.4, -0.2) is 17.4 Å². The van der Waals surface area contributed by atoms with E-state index in [-0.39, 0.29) is 11.3 Å². The molecule has 5 heteroatoms. The highest BCUT2D eigenvalue weighted by Crippen LogP contribution is 2.26. The third-order valence-corrected chi connectivity index (χ3v) is 4.54. The second kappa shape index (κ2) is 5.84. The minimum absolute atomic E-state index is 0.0614. The van der Waals surface area contributed by atoms with E-state index in [2.05, 4.69) is 51.5 Å². The highest BCUT2D eigenvalue weighted by molar-refractivity contribution is 9.10. The molecule has 2 heterocycles. The van der Waals surface area contributed by atoms with Gasteiger partial charge in [0.2, 0.25) is 0 Å². The number of halogens is 1. The monoisotopic (exact) mass is 338 g/mol. The fourth-order valence-corrected chi connectivity index (χ4v) is 2.91. The van der Waals surface area contributed by atoms with Crippen molar-refractivity contribution in [3.8, 4) is 0 Å². The summed E-state index contributed by atoms with van der Waals surface area (Å²) in [5, 5.41) is 5.03. The molecule has 0 aromatic carbocycles. The lowest BCUT2D eigenvalue weighted by molar-refractivity contribution is 0.0945. The van der Waals surface area contributed by atoms with Crippen molar-refractivity contribution in [3.63, 3.8) is 0 Å². The van der Waals surface area contributed by atoms with Crippen molar-refractivity contribution < 1.29 is 4.79 Å². The predicted molar refractivity (Wildman–Crippen MR) is 81.6 cm³/mol. The van der Waals surface area contributed by atoms with Crippen LogP contribution in [0, 0.1) is 0 Å². The number of nitrogens with zero attached hydrogens (tertiary/aromatic N) is 1. The number of thiophene rings is 1. The van der Waals surface area contributed by atoms with Crippen LogP contribution >= 0.6 is 27.3 Å². The van der Waals surface area contributed by atoms with E-state index in [1.807, 2.05) is 6.07 Å². The van der Waals surface area contributed by atoms with E-state index in [0.717, 1.165) is 0 Å². The minimum Gasteiger partial charge on any atom is -0.351 e. The molecule has 0 aliphatic carbocycles. The van der Waals surface area contributed by atoms with Crippen LogP contribution in [0.25, 0.3) is 0 Å². The van der Waals surface area contributed by atoms with Gasteiger partial charge < -0.3 is 5.32 Å². The van der Waals surface area contributed by atoms with Gasteiger partial charge in [-0.25, -0.2) is 4.98 Å². The van der Waals surface area contributed by atoms with Crippen LogP contribution in [0.5, 0.6) is 0 Å². The van der Waals surface area contributed by atoms with Crippen molar-refractivity contribution in [3.05, 3.63) is 50.9 Å². The van der Waals surface area contributed by atoms with Crippen molar-refractivity contribution >= 4 is 33.2 Å². The number of carbonyl (C=O) groups is 1. The zero-order chi connectivity index (χ0) is 13.9. The molecule has 0 spiro atoms. The van der Waals surface area contributed by atoms with Crippen LogP contribution < -0.4 is 5.32 Å². The third-order valence-electron chi connectivity index (χ3n) is 2.87. The lowest BCUT2D eigenvalue weighted by Crippen LogP contribution is -2.36. The fraction of sp³-hybridized carbons (Fsp3) is 0.286. The van der Waals surface area contributed by atoms with Gasteiger partial charge in [-0.2, -0.15) is 0 Å². The van der Waals surface area contributed by atoms with Gasteiger partial charge in [0.25, 0.3) is 5.91 Å². The Kier molecular flexibility index (Phi) is 4.37. The van der Waals surface area contributed by atoms with Crippen molar-refractivity contribution in [2.75, 3.05) is 6.54 Å². The molecule has 0 saturated heterocycles. The summed E-state index contributed by atoms with van der Waals surface area (Å²) in [5.41, 5.74) is 0.553. The average Bonchev–Trinajstić information content (AvgIpc) is 2.90. The molecule has 0 saturated carbocycles. The summed E-state index contributed by atoms with van der Waals surface area (Å²) < 4.78 is 0.665. The SMILES string of the molecule is CC(C)(CNC(=O)c1ccnc(Br)c1)c1cccs1. The number of carbonyl (C=O) groups excluding carboxylic acids is 1. The van der Waals surface area contributed by atoms with E-state index in [1.54, 1.807) is 29.7 Å². The zero-order valence-electron chi connectivity index (χ0n) is 10.8. The Labute approximate surface area is 125 Å². The van der Waals surface area contributed by atoms with Crippen LogP contribution in [0.2, 0.25) is 0 Å². The molecule has 1 N–H and O–H groups in total. The Morgan fingerprint density at radius 2 is 2.26 bits per heavy atom. The molecule has 0 radical (unpaired) electrons. The number of hydrogen-bond acceptors (Lipinski definition) is 3. The normalized spacial score (nSPS) is 11.3. The molecule has 0 unspecified atom stereocenters. The molecule has 100 valence electrons. The third kappa shape index (κ3) is 3.64. The van der Waals surface area contributed by atoms with Crippen LogP contribution in [0.15, 0.2) is 40.4 Å². The predicted octanol–water partition coefficient (Wildman–Crippen LogP) is 3.61. The highest BCUT2D eigenvalue weighted by atomic mass is 79.9. The van der Waals surface area contributed by atoms with Crippen LogP contribution in [0.3, 0.4) is 0 Å². The first-order valence-electron chi connectivity index (χ1n) is 5.93. The van der Waals surface area contributed by atoms with Gasteiger partial charge in [0.15, 0.2) is 0 Å². The molecule has 2 aromatic rings.